The van der Waals surface area contributed by atoms with Crippen molar-refractivity contribution in [2.45, 2.75) is 26.2 Å². The van der Waals surface area contributed by atoms with E-state index in [1.165, 1.54) is 16.8 Å². The molecule has 1 saturated heterocycles. The van der Waals surface area contributed by atoms with Crippen LogP contribution in [0.15, 0.2) is 60.1 Å². The average molecular weight is 445 g/mol. The SMILES string of the molecule is CC(C)c1ccc(Nc2csc3cnc(Cc4ccc(N5CCOCC5)cc4)nc23)cc1. The molecule has 164 valence electrons. The van der Waals surface area contributed by atoms with E-state index in [4.69, 9.17) is 9.72 Å². The Morgan fingerprint density at radius 1 is 1.03 bits per heavy atom. The maximum Gasteiger partial charge on any atom is 0.133 e. The van der Waals surface area contributed by atoms with Crippen LogP contribution in [-0.4, -0.2) is 36.3 Å². The molecule has 1 N–H and O–H groups in total. The minimum Gasteiger partial charge on any atom is -0.378 e. The number of ether oxygens (including phenoxy) is 1. The Kier molecular flexibility index (Phi) is 6.06. The highest BCUT2D eigenvalue weighted by molar-refractivity contribution is 7.17. The van der Waals surface area contributed by atoms with E-state index in [-0.39, 0.29) is 0 Å². The topological polar surface area (TPSA) is 50.3 Å². The van der Waals surface area contributed by atoms with E-state index in [1.54, 1.807) is 11.3 Å². The lowest BCUT2D eigenvalue weighted by atomic mass is 10.0. The van der Waals surface area contributed by atoms with Crippen molar-refractivity contribution in [3.8, 4) is 0 Å². The fraction of sp³-hybridized carbons (Fsp3) is 0.308. The zero-order chi connectivity index (χ0) is 21.9. The fourth-order valence-corrected chi connectivity index (χ4v) is 4.77. The maximum atomic E-state index is 5.45. The molecule has 5 rings (SSSR count). The normalized spacial score (nSPS) is 14.3. The first kappa shape index (κ1) is 20.9. The zero-order valence-electron chi connectivity index (χ0n) is 18.5. The Morgan fingerprint density at radius 2 is 1.78 bits per heavy atom. The summed E-state index contributed by atoms with van der Waals surface area (Å²) < 4.78 is 6.55. The van der Waals surface area contributed by atoms with Gasteiger partial charge in [-0.15, -0.1) is 11.3 Å². The van der Waals surface area contributed by atoms with Gasteiger partial charge in [-0.1, -0.05) is 38.1 Å². The molecule has 0 unspecified atom stereocenters. The van der Waals surface area contributed by atoms with Crippen molar-refractivity contribution in [3.05, 3.63) is 77.1 Å². The summed E-state index contributed by atoms with van der Waals surface area (Å²) in [6.07, 6.45) is 2.66. The van der Waals surface area contributed by atoms with Gasteiger partial charge in [0, 0.05) is 42.5 Å². The summed E-state index contributed by atoms with van der Waals surface area (Å²) in [5, 5.41) is 5.65. The van der Waals surface area contributed by atoms with Crippen LogP contribution in [0.1, 0.15) is 36.7 Å². The molecule has 0 bridgehead atoms. The highest BCUT2D eigenvalue weighted by Gasteiger charge is 2.12. The van der Waals surface area contributed by atoms with Gasteiger partial charge in [-0.25, -0.2) is 9.97 Å². The molecule has 6 heteroatoms. The van der Waals surface area contributed by atoms with Crippen molar-refractivity contribution in [1.29, 1.82) is 0 Å². The molecule has 0 radical (unpaired) electrons. The molecule has 0 atom stereocenters. The molecule has 1 aliphatic rings. The first-order valence-electron chi connectivity index (χ1n) is 11.2. The second-order valence-electron chi connectivity index (χ2n) is 8.49. The summed E-state index contributed by atoms with van der Waals surface area (Å²) in [6.45, 7) is 7.93. The third-order valence-corrected chi connectivity index (χ3v) is 6.80. The van der Waals surface area contributed by atoms with E-state index in [0.29, 0.717) is 5.92 Å². The summed E-state index contributed by atoms with van der Waals surface area (Å²) in [7, 11) is 0. The second-order valence-corrected chi connectivity index (χ2v) is 9.40. The second kappa shape index (κ2) is 9.27. The monoisotopic (exact) mass is 444 g/mol. The smallest absolute Gasteiger partial charge is 0.133 e. The van der Waals surface area contributed by atoms with Gasteiger partial charge >= 0.3 is 0 Å². The summed E-state index contributed by atoms with van der Waals surface area (Å²) >= 11 is 1.67. The molecular formula is C26H28N4OS. The molecule has 3 heterocycles. The quantitative estimate of drug-likeness (QED) is 0.396. The number of rotatable bonds is 6. The Labute approximate surface area is 193 Å². The molecule has 0 amide bonds. The molecule has 32 heavy (non-hydrogen) atoms. The van der Waals surface area contributed by atoms with Gasteiger partial charge in [0.05, 0.1) is 23.6 Å². The number of nitrogens with one attached hydrogen (secondary N) is 1. The predicted molar refractivity (Wildman–Crippen MR) is 134 cm³/mol. The van der Waals surface area contributed by atoms with Gasteiger partial charge in [-0.05, 0) is 41.3 Å². The Bertz CT molecular complexity index is 1180. The molecule has 2 aromatic heterocycles. The first-order valence-corrected chi connectivity index (χ1v) is 12.1. The lowest BCUT2D eigenvalue weighted by Crippen LogP contribution is -2.36. The third-order valence-electron chi connectivity index (χ3n) is 5.90. The summed E-state index contributed by atoms with van der Waals surface area (Å²) in [5.41, 5.74) is 6.91. The number of nitrogens with zero attached hydrogens (tertiary/aromatic N) is 3. The van der Waals surface area contributed by atoms with Crippen molar-refractivity contribution in [3.63, 3.8) is 0 Å². The summed E-state index contributed by atoms with van der Waals surface area (Å²) in [6, 6.07) is 17.4. The third kappa shape index (κ3) is 4.61. The van der Waals surface area contributed by atoms with Gasteiger partial charge in [0.15, 0.2) is 0 Å². The van der Waals surface area contributed by atoms with Gasteiger partial charge in [-0.2, -0.15) is 0 Å². The standard InChI is InChI=1S/C26H28N4OS/c1-18(2)20-5-7-21(8-6-20)28-23-17-32-24-16-27-25(29-26(23)24)15-19-3-9-22(10-4-19)30-11-13-31-14-12-30/h3-10,16-18,28H,11-15H2,1-2H3. The number of thiophene rings is 1. The Hall–Kier alpha value is -2.96. The number of aromatic nitrogens is 2. The van der Waals surface area contributed by atoms with E-state index in [1.807, 2.05) is 6.20 Å². The van der Waals surface area contributed by atoms with Gasteiger partial charge in [0.2, 0.25) is 0 Å². The van der Waals surface area contributed by atoms with Crippen LogP contribution < -0.4 is 10.2 Å². The van der Waals surface area contributed by atoms with Crippen LogP contribution >= 0.6 is 11.3 Å². The number of benzene rings is 2. The van der Waals surface area contributed by atoms with Crippen molar-refractivity contribution < 1.29 is 4.74 Å². The van der Waals surface area contributed by atoms with E-state index in [0.717, 1.165) is 60.1 Å². The largest absolute Gasteiger partial charge is 0.378 e. The number of anilines is 3. The van der Waals surface area contributed by atoms with Gasteiger partial charge < -0.3 is 15.0 Å². The number of hydrogen-bond acceptors (Lipinski definition) is 6. The molecule has 5 nitrogen and oxygen atoms in total. The molecule has 1 fully saturated rings. The fourth-order valence-electron chi connectivity index (χ4n) is 3.97. The minimum absolute atomic E-state index is 0.532. The van der Waals surface area contributed by atoms with E-state index in [9.17, 15) is 0 Å². The molecule has 0 saturated carbocycles. The molecule has 2 aromatic carbocycles. The first-order chi connectivity index (χ1) is 15.7. The highest BCUT2D eigenvalue weighted by atomic mass is 32.1. The van der Waals surface area contributed by atoms with E-state index >= 15 is 0 Å². The molecular weight excluding hydrogens is 416 g/mol. The van der Waals surface area contributed by atoms with Crippen LogP contribution in [0.5, 0.6) is 0 Å². The van der Waals surface area contributed by atoms with Gasteiger partial charge in [0.1, 0.15) is 11.3 Å². The number of morpholine rings is 1. The van der Waals surface area contributed by atoms with Crippen LogP contribution in [0.4, 0.5) is 17.1 Å². The average Bonchev–Trinajstić information content (AvgIpc) is 3.22. The van der Waals surface area contributed by atoms with Crippen LogP contribution in [0.3, 0.4) is 0 Å². The van der Waals surface area contributed by atoms with E-state index in [2.05, 4.69) is 83.0 Å². The van der Waals surface area contributed by atoms with Crippen molar-refractivity contribution in [1.82, 2.24) is 9.97 Å². The zero-order valence-corrected chi connectivity index (χ0v) is 19.4. The van der Waals surface area contributed by atoms with Crippen LogP contribution in [0, 0.1) is 0 Å². The molecule has 4 aromatic rings. The van der Waals surface area contributed by atoms with Crippen LogP contribution in [0.2, 0.25) is 0 Å². The Balaban J connectivity index is 1.32. The van der Waals surface area contributed by atoms with Crippen molar-refractivity contribution in [2.24, 2.45) is 0 Å². The maximum absolute atomic E-state index is 5.45. The highest BCUT2D eigenvalue weighted by Crippen LogP contribution is 2.31. The van der Waals surface area contributed by atoms with Gasteiger partial charge in [-0.3, -0.25) is 0 Å². The lowest BCUT2D eigenvalue weighted by molar-refractivity contribution is 0.122. The van der Waals surface area contributed by atoms with Crippen molar-refractivity contribution >= 4 is 38.6 Å². The Morgan fingerprint density at radius 3 is 2.50 bits per heavy atom. The summed E-state index contributed by atoms with van der Waals surface area (Å²) in [4.78, 5) is 11.9. The number of hydrogen-bond donors (Lipinski definition) is 1. The lowest BCUT2D eigenvalue weighted by Gasteiger charge is -2.28. The molecule has 1 aliphatic heterocycles. The summed E-state index contributed by atoms with van der Waals surface area (Å²) in [5.74, 6) is 1.37. The van der Waals surface area contributed by atoms with Crippen LogP contribution in [-0.2, 0) is 11.2 Å². The molecule has 0 aliphatic carbocycles. The van der Waals surface area contributed by atoms with Gasteiger partial charge in [0.25, 0.3) is 0 Å². The minimum atomic E-state index is 0.532. The van der Waals surface area contributed by atoms with E-state index < -0.39 is 0 Å². The van der Waals surface area contributed by atoms with Crippen LogP contribution in [0.25, 0.3) is 10.2 Å². The predicted octanol–water partition coefficient (Wildman–Crippen LogP) is 5.99. The van der Waals surface area contributed by atoms with Crippen molar-refractivity contribution in [2.75, 3.05) is 36.5 Å². The molecule has 0 spiro atoms. The number of fused-ring (bicyclic) bond motifs is 1.